The summed E-state index contributed by atoms with van der Waals surface area (Å²) in [5.74, 6) is -0.443. The van der Waals surface area contributed by atoms with Gasteiger partial charge in [-0.2, -0.15) is 0 Å². The van der Waals surface area contributed by atoms with E-state index in [9.17, 15) is 14.3 Å². The summed E-state index contributed by atoms with van der Waals surface area (Å²) in [5.41, 5.74) is 0.816. The molecule has 0 radical (unpaired) electrons. The molecule has 0 bridgehead atoms. The van der Waals surface area contributed by atoms with Gasteiger partial charge in [-0.15, -0.1) is 0 Å². The second-order valence-corrected chi connectivity index (χ2v) is 7.16. The van der Waals surface area contributed by atoms with Crippen molar-refractivity contribution in [1.29, 1.82) is 0 Å². The number of halogens is 1. The number of carboxylic acid groups (broad SMARTS) is 1. The molecule has 2 aromatic rings. The number of rotatable bonds is 11. The highest BCUT2D eigenvalue weighted by Gasteiger charge is 2.20. The van der Waals surface area contributed by atoms with Crippen LogP contribution < -0.4 is 14.8 Å². The van der Waals surface area contributed by atoms with E-state index in [1.165, 1.54) is 24.3 Å². The number of carbonyl (C=O) groups is 1. The van der Waals surface area contributed by atoms with E-state index in [1.807, 2.05) is 0 Å². The minimum atomic E-state index is -1.00. The van der Waals surface area contributed by atoms with Crippen molar-refractivity contribution in [3.05, 3.63) is 47.8 Å². The monoisotopic (exact) mass is 406 g/mol. The maximum atomic E-state index is 13.2. The van der Waals surface area contributed by atoms with Crippen LogP contribution in [0.4, 0.5) is 10.1 Å². The third-order valence-electron chi connectivity index (χ3n) is 4.36. The molecule has 0 aliphatic rings. The van der Waals surface area contributed by atoms with Gasteiger partial charge in [0, 0.05) is 19.2 Å². The fourth-order valence-electron chi connectivity index (χ4n) is 2.83. The van der Waals surface area contributed by atoms with E-state index in [0.717, 1.165) is 50.7 Å². The summed E-state index contributed by atoms with van der Waals surface area (Å²) in [6.07, 6.45) is 3.95. The number of hydrogen-bond acceptors (Lipinski definition) is 5. The van der Waals surface area contributed by atoms with Crippen LogP contribution in [0.2, 0.25) is 0 Å². The first-order valence-electron chi connectivity index (χ1n) is 9.46. The molecule has 28 heavy (non-hydrogen) atoms. The van der Waals surface area contributed by atoms with Crippen molar-refractivity contribution in [3.63, 3.8) is 0 Å². The fraction of sp³-hybridized carbons (Fsp3) is 0.381. The van der Waals surface area contributed by atoms with Crippen LogP contribution in [0, 0.1) is 5.82 Å². The lowest BCUT2D eigenvalue weighted by atomic mass is 10.1. The molecule has 0 amide bonds. The average molecular weight is 407 g/mol. The summed E-state index contributed by atoms with van der Waals surface area (Å²) in [7, 11) is 0. The molecule has 7 heteroatoms. The smallest absolute Gasteiger partial charge is 0.337 e. The van der Waals surface area contributed by atoms with Crippen molar-refractivity contribution in [2.24, 2.45) is 5.14 Å². The zero-order valence-electron chi connectivity index (χ0n) is 16.3. The van der Waals surface area contributed by atoms with Crippen LogP contribution in [0.15, 0.2) is 41.3 Å². The molecule has 0 spiro atoms. The quantitative estimate of drug-likeness (QED) is 0.467. The lowest BCUT2D eigenvalue weighted by Gasteiger charge is -2.27. The Morgan fingerprint density at radius 3 is 2.25 bits per heavy atom. The van der Waals surface area contributed by atoms with Gasteiger partial charge in [0.05, 0.1) is 16.1 Å². The van der Waals surface area contributed by atoms with Crippen LogP contribution in [-0.4, -0.2) is 24.2 Å². The zero-order chi connectivity index (χ0) is 20.5. The molecule has 0 aliphatic heterocycles. The van der Waals surface area contributed by atoms with E-state index in [-0.39, 0.29) is 11.4 Å². The maximum absolute atomic E-state index is 13.2. The van der Waals surface area contributed by atoms with Gasteiger partial charge < -0.3 is 14.7 Å². The molecule has 0 saturated carbocycles. The van der Waals surface area contributed by atoms with Crippen molar-refractivity contribution < 1.29 is 19.0 Å². The Hall–Kier alpha value is -2.25. The minimum Gasteiger partial charge on any atom is -0.478 e. The van der Waals surface area contributed by atoms with Gasteiger partial charge in [-0.05, 0) is 55.1 Å². The number of nitrogens with zero attached hydrogens (tertiary/aromatic N) is 1. The normalized spacial score (nSPS) is 10.7. The number of nitrogens with two attached hydrogens (primary N) is 1. The number of hydrogen-bond donors (Lipinski definition) is 2. The van der Waals surface area contributed by atoms with Gasteiger partial charge in [-0.3, -0.25) is 5.14 Å². The first-order chi connectivity index (χ1) is 13.5. The van der Waals surface area contributed by atoms with E-state index < -0.39 is 5.97 Å². The molecule has 3 N–H and O–H groups in total. The van der Waals surface area contributed by atoms with Gasteiger partial charge >= 0.3 is 5.97 Å². The molecule has 2 aromatic carbocycles. The lowest BCUT2D eigenvalue weighted by Crippen LogP contribution is -2.27. The highest BCUT2D eigenvalue weighted by atomic mass is 32.2. The molecule has 0 aromatic heterocycles. The topological polar surface area (TPSA) is 75.8 Å². The highest BCUT2D eigenvalue weighted by Crippen LogP contribution is 2.37. The number of benzene rings is 2. The van der Waals surface area contributed by atoms with Crippen molar-refractivity contribution >= 4 is 23.6 Å². The van der Waals surface area contributed by atoms with Crippen molar-refractivity contribution in [2.75, 3.05) is 18.0 Å². The van der Waals surface area contributed by atoms with Gasteiger partial charge in [0.2, 0.25) is 0 Å². The fourth-order valence-corrected chi connectivity index (χ4v) is 3.24. The van der Waals surface area contributed by atoms with E-state index in [0.29, 0.717) is 22.1 Å². The summed E-state index contributed by atoms with van der Waals surface area (Å²) in [6.45, 7) is 5.74. The van der Waals surface area contributed by atoms with Crippen LogP contribution >= 0.6 is 11.9 Å². The third kappa shape index (κ3) is 5.87. The van der Waals surface area contributed by atoms with Gasteiger partial charge in [0.15, 0.2) is 0 Å². The molecule has 0 aliphatic carbocycles. The van der Waals surface area contributed by atoms with Gasteiger partial charge in [-0.25, -0.2) is 9.18 Å². The molecule has 0 unspecified atom stereocenters. The number of anilines is 1. The molecule has 0 fully saturated rings. The first kappa shape index (κ1) is 22.0. The molecular formula is C21H27FN2O3S. The van der Waals surface area contributed by atoms with Gasteiger partial charge in [-0.1, -0.05) is 26.7 Å². The zero-order valence-corrected chi connectivity index (χ0v) is 17.1. The van der Waals surface area contributed by atoms with E-state index in [4.69, 9.17) is 9.88 Å². The van der Waals surface area contributed by atoms with Crippen molar-refractivity contribution in [2.45, 2.75) is 44.4 Å². The second-order valence-electron chi connectivity index (χ2n) is 6.49. The molecule has 152 valence electrons. The first-order valence-corrected chi connectivity index (χ1v) is 10.3. The Labute approximate surface area is 169 Å². The number of aromatic carboxylic acids is 1. The summed E-state index contributed by atoms with van der Waals surface area (Å²) in [5, 5.41) is 15.5. The second kappa shape index (κ2) is 10.9. The van der Waals surface area contributed by atoms with E-state index >= 15 is 0 Å². The Balaban J connectivity index is 2.48. The molecular weight excluding hydrogens is 379 g/mol. The number of carboxylic acids is 1. The summed E-state index contributed by atoms with van der Waals surface area (Å²) >= 11 is 0.925. The molecule has 5 nitrogen and oxygen atoms in total. The van der Waals surface area contributed by atoms with Crippen LogP contribution in [0.25, 0.3) is 0 Å². The Kier molecular flexibility index (Phi) is 8.60. The predicted octanol–water partition coefficient (Wildman–Crippen LogP) is 5.69. The highest BCUT2D eigenvalue weighted by molar-refractivity contribution is 7.97. The SMILES string of the molecule is CCCCN(CCCC)c1cc(Oc2ccc(F)cc2)c(SN)cc1C(=O)O. The number of ether oxygens (including phenoxy) is 1. The average Bonchev–Trinajstić information content (AvgIpc) is 2.69. The Morgan fingerprint density at radius 2 is 1.75 bits per heavy atom. The van der Waals surface area contributed by atoms with E-state index in [2.05, 4.69) is 18.7 Å². The predicted molar refractivity (Wildman–Crippen MR) is 112 cm³/mol. The van der Waals surface area contributed by atoms with Crippen molar-refractivity contribution in [1.82, 2.24) is 0 Å². The lowest BCUT2D eigenvalue weighted by molar-refractivity contribution is 0.0697. The largest absolute Gasteiger partial charge is 0.478 e. The van der Waals surface area contributed by atoms with Gasteiger partial charge in [0.25, 0.3) is 0 Å². The third-order valence-corrected chi connectivity index (χ3v) is 4.94. The molecule has 0 heterocycles. The summed E-state index contributed by atoms with van der Waals surface area (Å²) in [6, 6.07) is 8.95. The number of unbranched alkanes of at least 4 members (excludes halogenated alkanes) is 2. The van der Waals surface area contributed by atoms with Crippen molar-refractivity contribution in [3.8, 4) is 11.5 Å². The van der Waals surface area contributed by atoms with Crippen LogP contribution in [0.3, 0.4) is 0 Å². The molecule has 0 saturated heterocycles. The van der Waals surface area contributed by atoms with Crippen LogP contribution in [0.5, 0.6) is 11.5 Å². The van der Waals surface area contributed by atoms with E-state index in [1.54, 1.807) is 12.1 Å². The molecule has 0 atom stereocenters. The standard InChI is InChI=1S/C21H27FN2O3S/c1-3-5-11-24(12-6-4-2)18-14-19(20(28-23)13-17(18)21(25)26)27-16-9-7-15(22)8-10-16/h7-10,13-14H,3-6,11-12,23H2,1-2H3,(H,25,26). The Bertz CT molecular complexity index is 776. The van der Waals surface area contributed by atoms with Gasteiger partial charge in [0.1, 0.15) is 17.3 Å². The minimum absolute atomic E-state index is 0.201. The summed E-state index contributed by atoms with van der Waals surface area (Å²) < 4.78 is 19.1. The summed E-state index contributed by atoms with van der Waals surface area (Å²) in [4.78, 5) is 14.5. The van der Waals surface area contributed by atoms with Crippen LogP contribution in [-0.2, 0) is 0 Å². The Morgan fingerprint density at radius 1 is 1.14 bits per heavy atom. The molecule has 2 rings (SSSR count). The maximum Gasteiger partial charge on any atom is 0.337 e. The van der Waals surface area contributed by atoms with Crippen LogP contribution in [0.1, 0.15) is 49.9 Å².